The Bertz CT molecular complexity index is 644. The summed E-state index contributed by atoms with van der Waals surface area (Å²) in [5.41, 5.74) is 1.26. The first kappa shape index (κ1) is 15.3. The number of aryl methyl sites for hydroxylation is 1. The van der Waals surface area contributed by atoms with E-state index >= 15 is 0 Å². The van der Waals surface area contributed by atoms with Crippen molar-refractivity contribution in [3.63, 3.8) is 0 Å². The highest BCUT2D eigenvalue weighted by molar-refractivity contribution is 5.76. The monoisotopic (exact) mass is 292 g/mol. The van der Waals surface area contributed by atoms with E-state index in [2.05, 4.69) is 5.32 Å². The predicted molar refractivity (Wildman–Crippen MR) is 79.2 cm³/mol. The van der Waals surface area contributed by atoms with Crippen LogP contribution in [0.1, 0.15) is 19.8 Å². The number of para-hydroxylation sites is 2. The molecule has 0 unspecified atom stereocenters. The van der Waals surface area contributed by atoms with Crippen LogP contribution in [0.5, 0.6) is 0 Å². The summed E-state index contributed by atoms with van der Waals surface area (Å²) in [5, 5.41) is 2.81. The summed E-state index contributed by atoms with van der Waals surface area (Å²) in [6, 6.07) is 7.18. The van der Waals surface area contributed by atoms with Gasteiger partial charge in [0.25, 0.3) is 0 Å². The predicted octanol–water partition coefficient (Wildman–Crippen LogP) is 1.53. The summed E-state index contributed by atoms with van der Waals surface area (Å²) in [6.07, 6.45) is 1.03. The molecular weight excluding hydrogens is 272 g/mol. The first-order chi connectivity index (χ1) is 10.2. The molecule has 2 rings (SSSR count). The first-order valence-electron chi connectivity index (χ1n) is 7.15. The first-order valence-corrected chi connectivity index (χ1v) is 7.15. The second kappa shape index (κ2) is 7.64. The maximum absolute atomic E-state index is 11.7. The molecule has 1 aromatic heterocycles. The van der Waals surface area contributed by atoms with Gasteiger partial charge in [-0.1, -0.05) is 12.1 Å². The second-order valence-corrected chi connectivity index (χ2v) is 4.64. The zero-order valence-electron chi connectivity index (χ0n) is 12.1. The molecule has 0 fully saturated rings. The van der Waals surface area contributed by atoms with Crippen LogP contribution in [0.2, 0.25) is 0 Å². The Morgan fingerprint density at radius 3 is 3.00 bits per heavy atom. The Kier molecular flexibility index (Phi) is 5.57. The zero-order valence-corrected chi connectivity index (χ0v) is 12.1. The fraction of sp³-hybridized carbons (Fsp3) is 0.467. The molecular formula is C15H20N2O4. The second-order valence-electron chi connectivity index (χ2n) is 4.64. The number of fused-ring (bicyclic) bond motifs is 1. The molecule has 21 heavy (non-hydrogen) atoms. The van der Waals surface area contributed by atoms with E-state index in [-0.39, 0.29) is 12.3 Å². The number of carbonyl (C=O) groups excluding carboxylic acids is 1. The average Bonchev–Trinajstić information content (AvgIpc) is 2.80. The summed E-state index contributed by atoms with van der Waals surface area (Å²) in [6.45, 7) is 4.16. The van der Waals surface area contributed by atoms with E-state index in [4.69, 9.17) is 9.15 Å². The van der Waals surface area contributed by atoms with Crippen LogP contribution in [0.4, 0.5) is 0 Å². The number of rotatable bonds is 8. The number of hydrogen-bond acceptors (Lipinski definition) is 4. The van der Waals surface area contributed by atoms with Gasteiger partial charge in [0.15, 0.2) is 5.58 Å². The van der Waals surface area contributed by atoms with E-state index in [1.54, 1.807) is 18.2 Å². The Labute approximate surface area is 122 Å². The molecule has 114 valence electrons. The summed E-state index contributed by atoms with van der Waals surface area (Å²) in [7, 11) is 0. The topological polar surface area (TPSA) is 73.5 Å². The van der Waals surface area contributed by atoms with Gasteiger partial charge in [0.2, 0.25) is 5.91 Å². The number of hydrogen-bond donors (Lipinski definition) is 1. The Balaban J connectivity index is 1.83. The number of benzene rings is 1. The molecule has 0 saturated heterocycles. The van der Waals surface area contributed by atoms with Gasteiger partial charge < -0.3 is 14.5 Å². The highest BCUT2D eigenvalue weighted by Gasteiger charge is 2.09. The van der Waals surface area contributed by atoms with Crippen molar-refractivity contribution in [3.8, 4) is 0 Å². The zero-order chi connectivity index (χ0) is 15.1. The molecule has 0 bridgehead atoms. The van der Waals surface area contributed by atoms with Crippen LogP contribution in [0.15, 0.2) is 33.5 Å². The lowest BCUT2D eigenvalue weighted by Crippen LogP contribution is -2.27. The highest BCUT2D eigenvalue weighted by atomic mass is 16.5. The molecule has 0 saturated carbocycles. The summed E-state index contributed by atoms with van der Waals surface area (Å²) < 4.78 is 11.8. The molecule has 1 heterocycles. The molecule has 0 atom stereocenters. The average molecular weight is 292 g/mol. The molecule has 0 aliphatic carbocycles. The molecule has 0 spiro atoms. The molecule has 6 nitrogen and oxygen atoms in total. The maximum atomic E-state index is 11.7. The van der Waals surface area contributed by atoms with Crippen molar-refractivity contribution in [2.45, 2.75) is 26.3 Å². The van der Waals surface area contributed by atoms with E-state index in [9.17, 15) is 9.59 Å². The van der Waals surface area contributed by atoms with Crippen molar-refractivity contribution in [1.29, 1.82) is 0 Å². The summed E-state index contributed by atoms with van der Waals surface area (Å²) in [5.74, 6) is -0.510. The molecule has 1 aromatic carbocycles. The van der Waals surface area contributed by atoms with Crippen LogP contribution in [0, 0.1) is 0 Å². The standard InChI is InChI=1S/C15H20N2O4/c1-2-20-11-5-9-16-14(18)8-10-17-12-6-3-4-7-13(12)21-15(17)19/h3-4,6-7H,2,5,8-11H2,1H3,(H,16,18). The van der Waals surface area contributed by atoms with Gasteiger partial charge in [-0.05, 0) is 25.5 Å². The minimum absolute atomic E-state index is 0.0799. The Morgan fingerprint density at radius 2 is 2.19 bits per heavy atom. The minimum Gasteiger partial charge on any atom is -0.408 e. The lowest BCUT2D eigenvalue weighted by atomic mass is 10.3. The van der Waals surface area contributed by atoms with Crippen LogP contribution >= 0.6 is 0 Å². The van der Waals surface area contributed by atoms with E-state index in [1.165, 1.54) is 4.57 Å². The van der Waals surface area contributed by atoms with Gasteiger partial charge in [-0.2, -0.15) is 0 Å². The van der Waals surface area contributed by atoms with Crippen molar-refractivity contribution in [1.82, 2.24) is 9.88 Å². The SMILES string of the molecule is CCOCCCNC(=O)CCn1c(=O)oc2ccccc21. The molecule has 0 radical (unpaired) electrons. The van der Waals surface area contributed by atoms with Crippen molar-refractivity contribution < 1.29 is 13.9 Å². The normalized spacial score (nSPS) is 10.9. The molecule has 1 amide bonds. The van der Waals surface area contributed by atoms with E-state index in [0.29, 0.717) is 37.4 Å². The van der Waals surface area contributed by atoms with Gasteiger partial charge in [0, 0.05) is 32.7 Å². The minimum atomic E-state index is -0.430. The van der Waals surface area contributed by atoms with E-state index < -0.39 is 5.76 Å². The van der Waals surface area contributed by atoms with Crippen LogP contribution in [0.25, 0.3) is 11.1 Å². The smallest absolute Gasteiger partial charge is 0.408 e. The maximum Gasteiger partial charge on any atom is 0.419 e. The Hall–Kier alpha value is -2.08. The van der Waals surface area contributed by atoms with Crippen LogP contribution in [-0.4, -0.2) is 30.2 Å². The lowest BCUT2D eigenvalue weighted by Gasteiger charge is -2.05. The quantitative estimate of drug-likeness (QED) is 0.749. The summed E-state index contributed by atoms with van der Waals surface area (Å²) >= 11 is 0. The van der Waals surface area contributed by atoms with Crippen molar-refractivity contribution in [2.24, 2.45) is 0 Å². The van der Waals surface area contributed by atoms with E-state index in [1.807, 2.05) is 13.0 Å². The van der Waals surface area contributed by atoms with Gasteiger partial charge in [0.05, 0.1) is 5.52 Å². The Morgan fingerprint density at radius 1 is 1.38 bits per heavy atom. The van der Waals surface area contributed by atoms with Crippen molar-refractivity contribution >= 4 is 17.0 Å². The third-order valence-corrected chi connectivity index (χ3v) is 3.13. The molecule has 0 aliphatic rings. The van der Waals surface area contributed by atoms with Gasteiger partial charge in [-0.15, -0.1) is 0 Å². The molecule has 1 N–H and O–H groups in total. The van der Waals surface area contributed by atoms with Crippen LogP contribution in [0.3, 0.4) is 0 Å². The van der Waals surface area contributed by atoms with Gasteiger partial charge in [-0.3, -0.25) is 9.36 Å². The molecule has 0 aliphatic heterocycles. The van der Waals surface area contributed by atoms with Crippen LogP contribution in [-0.2, 0) is 16.1 Å². The van der Waals surface area contributed by atoms with E-state index in [0.717, 1.165) is 6.42 Å². The third-order valence-electron chi connectivity index (χ3n) is 3.13. The number of nitrogens with zero attached hydrogens (tertiary/aromatic N) is 1. The number of aromatic nitrogens is 1. The third kappa shape index (κ3) is 4.19. The number of carbonyl (C=O) groups is 1. The molecule has 2 aromatic rings. The van der Waals surface area contributed by atoms with Crippen LogP contribution < -0.4 is 11.1 Å². The highest BCUT2D eigenvalue weighted by Crippen LogP contribution is 2.11. The van der Waals surface area contributed by atoms with Gasteiger partial charge in [-0.25, -0.2) is 4.79 Å². The van der Waals surface area contributed by atoms with Gasteiger partial charge in [0.1, 0.15) is 0 Å². The summed E-state index contributed by atoms with van der Waals surface area (Å²) in [4.78, 5) is 23.5. The molecule has 6 heteroatoms. The van der Waals surface area contributed by atoms with Gasteiger partial charge >= 0.3 is 5.76 Å². The van der Waals surface area contributed by atoms with Crippen molar-refractivity contribution in [2.75, 3.05) is 19.8 Å². The number of oxazole rings is 1. The largest absolute Gasteiger partial charge is 0.419 e. The fourth-order valence-corrected chi connectivity index (χ4v) is 2.07. The lowest BCUT2D eigenvalue weighted by molar-refractivity contribution is -0.121. The number of ether oxygens (including phenoxy) is 1. The number of nitrogens with one attached hydrogen (secondary N) is 1. The number of amides is 1. The van der Waals surface area contributed by atoms with Crippen molar-refractivity contribution in [3.05, 3.63) is 34.8 Å². The fourth-order valence-electron chi connectivity index (χ4n) is 2.07.